The minimum Gasteiger partial charge on any atom is -0.312 e. The molecule has 3 rings (SSSR count). The van der Waals surface area contributed by atoms with Gasteiger partial charge in [0.15, 0.2) is 0 Å². The molecule has 1 fully saturated rings. The van der Waals surface area contributed by atoms with Gasteiger partial charge in [0.05, 0.1) is 5.52 Å². The standard InChI is InChI=1S/C15H19N3.ClH/c1-12-10-18(9-8-16-12)11-14-5-2-4-13-6-3-7-17-15(13)14;/h2-7,12,16H,8-11H2,1H3;1H/t12-;/m1./s1. The highest BCUT2D eigenvalue weighted by Crippen LogP contribution is 2.18. The van der Waals surface area contributed by atoms with E-state index in [0.29, 0.717) is 6.04 Å². The van der Waals surface area contributed by atoms with E-state index >= 15 is 0 Å². The van der Waals surface area contributed by atoms with Crippen molar-refractivity contribution in [2.75, 3.05) is 19.6 Å². The molecule has 3 nitrogen and oxygen atoms in total. The zero-order valence-electron chi connectivity index (χ0n) is 11.2. The maximum absolute atomic E-state index is 4.52. The number of nitrogens with zero attached hydrogens (tertiary/aromatic N) is 2. The van der Waals surface area contributed by atoms with Crippen molar-refractivity contribution in [2.24, 2.45) is 0 Å². The lowest BCUT2D eigenvalue weighted by atomic mass is 10.1. The van der Waals surface area contributed by atoms with Crippen molar-refractivity contribution in [3.63, 3.8) is 0 Å². The summed E-state index contributed by atoms with van der Waals surface area (Å²) in [5.41, 5.74) is 2.48. The third kappa shape index (κ3) is 3.24. The number of hydrogen-bond acceptors (Lipinski definition) is 3. The van der Waals surface area contributed by atoms with Crippen LogP contribution < -0.4 is 5.32 Å². The van der Waals surface area contributed by atoms with Crippen molar-refractivity contribution < 1.29 is 0 Å². The number of halogens is 1. The molecule has 4 heteroatoms. The van der Waals surface area contributed by atoms with E-state index in [1.54, 1.807) is 0 Å². The summed E-state index contributed by atoms with van der Waals surface area (Å²) in [5.74, 6) is 0. The van der Waals surface area contributed by atoms with Gasteiger partial charge >= 0.3 is 0 Å². The summed E-state index contributed by atoms with van der Waals surface area (Å²) in [6.45, 7) is 6.56. The van der Waals surface area contributed by atoms with Gasteiger partial charge in [-0.1, -0.05) is 24.3 Å². The van der Waals surface area contributed by atoms with Crippen LogP contribution in [0.25, 0.3) is 10.9 Å². The Morgan fingerprint density at radius 1 is 1.32 bits per heavy atom. The van der Waals surface area contributed by atoms with Gasteiger partial charge in [0, 0.05) is 43.8 Å². The highest BCUT2D eigenvalue weighted by atomic mass is 35.5. The van der Waals surface area contributed by atoms with Gasteiger partial charge < -0.3 is 5.32 Å². The Bertz CT molecular complexity index is 538. The number of nitrogens with one attached hydrogen (secondary N) is 1. The Labute approximate surface area is 120 Å². The molecule has 1 aromatic carbocycles. The topological polar surface area (TPSA) is 28.2 Å². The molecule has 0 radical (unpaired) electrons. The molecular formula is C15H20ClN3. The molecular weight excluding hydrogens is 258 g/mol. The van der Waals surface area contributed by atoms with Gasteiger partial charge in [0.2, 0.25) is 0 Å². The summed E-state index contributed by atoms with van der Waals surface area (Å²) in [4.78, 5) is 7.03. The lowest BCUT2D eigenvalue weighted by molar-refractivity contribution is 0.200. The molecule has 1 aliphatic heterocycles. The SMILES string of the molecule is C[C@@H]1CN(Cc2cccc3cccnc23)CCN1.Cl. The zero-order chi connectivity index (χ0) is 12.4. The van der Waals surface area contributed by atoms with Crippen LogP contribution in [0.3, 0.4) is 0 Å². The summed E-state index contributed by atoms with van der Waals surface area (Å²) in [7, 11) is 0. The first kappa shape index (κ1) is 14.3. The molecule has 2 aromatic rings. The Balaban J connectivity index is 0.00000133. The van der Waals surface area contributed by atoms with Gasteiger partial charge in [-0.05, 0) is 18.6 Å². The number of para-hydroxylation sites is 1. The van der Waals surface area contributed by atoms with Crippen LogP contribution in [-0.2, 0) is 6.54 Å². The molecule has 0 unspecified atom stereocenters. The average Bonchev–Trinajstić information content (AvgIpc) is 2.39. The molecule has 0 aliphatic carbocycles. The van der Waals surface area contributed by atoms with Crippen molar-refractivity contribution in [1.29, 1.82) is 0 Å². The van der Waals surface area contributed by atoms with Crippen LogP contribution in [0.15, 0.2) is 36.5 Å². The summed E-state index contributed by atoms with van der Waals surface area (Å²) < 4.78 is 0. The van der Waals surface area contributed by atoms with Crippen molar-refractivity contribution >= 4 is 23.3 Å². The van der Waals surface area contributed by atoms with Crippen LogP contribution in [0, 0.1) is 0 Å². The quantitative estimate of drug-likeness (QED) is 0.914. The van der Waals surface area contributed by atoms with E-state index < -0.39 is 0 Å². The summed E-state index contributed by atoms with van der Waals surface area (Å²) in [6.07, 6.45) is 1.88. The lowest BCUT2D eigenvalue weighted by Crippen LogP contribution is -2.48. The van der Waals surface area contributed by atoms with Crippen molar-refractivity contribution in [2.45, 2.75) is 19.5 Å². The average molecular weight is 278 g/mol. The van der Waals surface area contributed by atoms with Crippen molar-refractivity contribution in [1.82, 2.24) is 15.2 Å². The largest absolute Gasteiger partial charge is 0.312 e. The lowest BCUT2D eigenvalue weighted by Gasteiger charge is -2.31. The molecule has 1 atom stereocenters. The summed E-state index contributed by atoms with van der Waals surface area (Å²) >= 11 is 0. The van der Waals surface area contributed by atoms with E-state index in [4.69, 9.17) is 0 Å². The molecule has 2 heterocycles. The minimum atomic E-state index is 0. The first-order chi connectivity index (χ1) is 8.83. The van der Waals surface area contributed by atoms with Gasteiger partial charge in [-0.2, -0.15) is 0 Å². The van der Waals surface area contributed by atoms with E-state index in [1.165, 1.54) is 10.9 Å². The van der Waals surface area contributed by atoms with E-state index in [1.807, 2.05) is 12.3 Å². The first-order valence-corrected chi connectivity index (χ1v) is 6.61. The van der Waals surface area contributed by atoms with Gasteiger partial charge in [0.1, 0.15) is 0 Å². The van der Waals surface area contributed by atoms with Gasteiger partial charge in [-0.25, -0.2) is 0 Å². The van der Waals surface area contributed by atoms with E-state index in [2.05, 4.69) is 46.4 Å². The molecule has 0 saturated carbocycles. The molecule has 1 aromatic heterocycles. The molecule has 0 spiro atoms. The second kappa shape index (κ2) is 6.33. The summed E-state index contributed by atoms with van der Waals surface area (Å²) in [5, 5.41) is 4.71. The normalized spacial score (nSPS) is 20.2. The van der Waals surface area contributed by atoms with Gasteiger partial charge in [-0.15, -0.1) is 12.4 Å². The Morgan fingerprint density at radius 2 is 2.16 bits per heavy atom. The highest BCUT2D eigenvalue weighted by molar-refractivity contribution is 5.85. The first-order valence-electron chi connectivity index (χ1n) is 6.61. The van der Waals surface area contributed by atoms with Crippen LogP contribution in [0.5, 0.6) is 0 Å². The van der Waals surface area contributed by atoms with Crippen molar-refractivity contribution in [3.05, 3.63) is 42.1 Å². The Kier molecular flexibility index (Phi) is 4.75. The zero-order valence-corrected chi connectivity index (χ0v) is 12.0. The van der Waals surface area contributed by atoms with Crippen LogP contribution >= 0.6 is 12.4 Å². The number of pyridine rings is 1. The molecule has 1 N–H and O–H groups in total. The molecule has 0 amide bonds. The molecule has 102 valence electrons. The summed E-state index contributed by atoms with van der Waals surface area (Å²) in [6, 6.07) is 11.2. The predicted octanol–water partition coefficient (Wildman–Crippen LogP) is 2.45. The van der Waals surface area contributed by atoms with Crippen LogP contribution in [0.1, 0.15) is 12.5 Å². The second-order valence-corrected chi connectivity index (χ2v) is 5.08. The highest BCUT2D eigenvalue weighted by Gasteiger charge is 2.16. The molecule has 0 bridgehead atoms. The van der Waals surface area contributed by atoms with Crippen LogP contribution in [-0.4, -0.2) is 35.6 Å². The number of fused-ring (bicyclic) bond motifs is 1. The number of piperazine rings is 1. The number of hydrogen-bond donors (Lipinski definition) is 1. The maximum atomic E-state index is 4.52. The molecule has 19 heavy (non-hydrogen) atoms. The number of benzene rings is 1. The van der Waals surface area contributed by atoms with Crippen LogP contribution in [0.4, 0.5) is 0 Å². The van der Waals surface area contributed by atoms with E-state index in [-0.39, 0.29) is 12.4 Å². The Hall–Kier alpha value is -1.16. The fourth-order valence-corrected chi connectivity index (χ4v) is 2.69. The molecule has 1 saturated heterocycles. The number of rotatable bonds is 2. The van der Waals surface area contributed by atoms with E-state index in [0.717, 1.165) is 31.7 Å². The third-order valence-electron chi connectivity index (χ3n) is 3.56. The second-order valence-electron chi connectivity index (χ2n) is 5.08. The van der Waals surface area contributed by atoms with Gasteiger partial charge in [-0.3, -0.25) is 9.88 Å². The number of aromatic nitrogens is 1. The van der Waals surface area contributed by atoms with E-state index in [9.17, 15) is 0 Å². The molecule has 1 aliphatic rings. The fourth-order valence-electron chi connectivity index (χ4n) is 2.69. The van der Waals surface area contributed by atoms with Crippen molar-refractivity contribution in [3.8, 4) is 0 Å². The Morgan fingerprint density at radius 3 is 3.00 bits per heavy atom. The third-order valence-corrected chi connectivity index (χ3v) is 3.56. The maximum Gasteiger partial charge on any atom is 0.0746 e. The monoisotopic (exact) mass is 277 g/mol. The smallest absolute Gasteiger partial charge is 0.0746 e. The fraction of sp³-hybridized carbons (Fsp3) is 0.400. The minimum absolute atomic E-state index is 0. The van der Waals surface area contributed by atoms with Crippen LogP contribution in [0.2, 0.25) is 0 Å². The predicted molar refractivity (Wildman–Crippen MR) is 81.7 cm³/mol. The van der Waals surface area contributed by atoms with Gasteiger partial charge in [0.25, 0.3) is 0 Å².